The monoisotopic (exact) mass is 327 g/mol. The van der Waals surface area contributed by atoms with Crippen molar-refractivity contribution < 1.29 is 9.72 Å². The van der Waals surface area contributed by atoms with Gasteiger partial charge in [-0.3, -0.25) is 14.9 Å². The molecule has 114 valence electrons. The van der Waals surface area contributed by atoms with Crippen molar-refractivity contribution in [2.24, 2.45) is 0 Å². The Bertz CT molecular complexity index is 910. The molecule has 3 rings (SSSR count). The van der Waals surface area contributed by atoms with E-state index in [1.54, 1.807) is 12.1 Å². The number of nitrogens with one attached hydrogen (secondary N) is 1. The predicted octanol–water partition coefficient (Wildman–Crippen LogP) is 4.05. The second-order valence-electron chi connectivity index (χ2n) is 4.78. The van der Waals surface area contributed by atoms with E-state index in [1.165, 1.54) is 24.3 Å². The van der Waals surface area contributed by atoms with E-state index in [-0.39, 0.29) is 16.4 Å². The molecule has 1 amide bonds. The van der Waals surface area contributed by atoms with Crippen LogP contribution in [0.4, 0.5) is 11.4 Å². The molecule has 6 nitrogen and oxygen atoms in total. The van der Waals surface area contributed by atoms with E-state index in [0.29, 0.717) is 11.2 Å². The van der Waals surface area contributed by atoms with E-state index < -0.39 is 10.8 Å². The highest BCUT2D eigenvalue weighted by Crippen LogP contribution is 2.22. The van der Waals surface area contributed by atoms with Crippen molar-refractivity contribution in [2.45, 2.75) is 0 Å². The molecule has 0 saturated heterocycles. The van der Waals surface area contributed by atoms with Crippen LogP contribution in [0.2, 0.25) is 5.15 Å². The van der Waals surface area contributed by atoms with Crippen molar-refractivity contribution in [3.05, 3.63) is 75.4 Å². The first-order valence-electron chi connectivity index (χ1n) is 6.66. The highest BCUT2D eigenvalue weighted by atomic mass is 35.5. The lowest BCUT2D eigenvalue weighted by molar-refractivity contribution is -0.384. The molecule has 0 fully saturated rings. The molecule has 23 heavy (non-hydrogen) atoms. The Kier molecular flexibility index (Phi) is 3.91. The van der Waals surface area contributed by atoms with E-state index in [1.807, 2.05) is 18.2 Å². The van der Waals surface area contributed by atoms with Crippen LogP contribution in [-0.2, 0) is 0 Å². The number of halogens is 1. The zero-order valence-corrected chi connectivity index (χ0v) is 12.4. The Morgan fingerprint density at radius 3 is 2.52 bits per heavy atom. The quantitative estimate of drug-likeness (QED) is 0.447. The second kappa shape index (κ2) is 6.02. The van der Waals surface area contributed by atoms with Crippen molar-refractivity contribution in [3.63, 3.8) is 0 Å². The van der Waals surface area contributed by atoms with E-state index in [4.69, 9.17) is 11.6 Å². The zero-order chi connectivity index (χ0) is 16.4. The van der Waals surface area contributed by atoms with E-state index in [0.717, 1.165) is 5.39 Å². The Balaban J connectivity index is 1.88. The number of pyridine rings is 1. The minimum atomic E-state index is -0.504. The Labute approximate surface area is 135 Å². The number of amides is 1. The SMILES string of the molecule is O=C(Nc1ccc([N+](=O)[O-])cc1)c1cc2ccccc2nc1Cl. The molecule has 0 aliphatic rings. The summed E-state index contributed by atoms with van der Waals surface area (Å²) in [6.07, 6.45) is 0. The van der Waals surface area contributed by atoms with E-state index in [2.05, 4.69) is 10.3 Å². The molecule has 0 atom stereocenters. The maximum Gasteiger partial charge on any atom is 0.269 e. The number of aromatic nitrogens is 1. The molecule has 2 aromatic carbocycles. The number of anilines is 1. The molecule has 1 heterocycles. The van der Waals surface area contributed by atoms with Crippen LogP contribution in [0, 0.1) is 10.1 Å². The lowest BCUT2D eigenvalue weighted by Gasteiger charge is -2.07. The van der Waals surface area contributed by atoms with Gasteiger partial charge in [0.05, 0.1) is 16.0 Å². The largest absolute Gasteiger partial charge is 0.322 e. The van der Waals surface area contributed by atoms with Gasteiger partial charge in [-0.2, -0.15) is 0 Å². The number of fused-ring (bicyclic) bond motifs is 1. The van der Waals surface area contributed by atoms with Crippen molar-refractivity contribution in [1.82, 2.24) is 4.98 Å². The van der Waals surface area contributed by atoms with Crippen LogP contribution in [0.25, 0.3) is 10.9 Å². The average molecular weight is 328 g/mol. The normalized spacial score (nSPS) is 10.5. The molecule has 0 unspecified atom stereocenters. The number of benzene rings is 2. The summed E-state index contributed by atoms with van der Waals surface area (Å²) in [7, 11) is 0. The van der Waals surface area contributed by atoms with E-state index in [9.17, 15) is 14.9 Å². The fourth-order valence-corrected chi connectivity index (χ4v) is 2.35. The van der Waals surface area contributed by atoms with Gasteiger partial charge >= 0.3 is 0 Å². The van der Waals surface area contributed by atoms with Crippen molar-refractivity contribution in [1.29, 1.82) is 0 Å². The third kappa shape index (κ3) is 3.12. The molecule has 0 bridgehead atoms. The van der Waals surface area contributed by atoms with Gasteiger partial charge < -0.3 is 5.32 Å². The first kappa shape index (κ1) is 14.9. The summed E-state index contributed by atoms with van der Waals surface area (Å²) in [5.74, 6) is -0.429. The minimum absolute atomic E-state index is 0.0478. The first-order chi connectivity index (χ1) is 11.0. The number of carbonyl (C=O) groups excluding carboxylic acids is 1. The van der Waals surface area contributed by atoms with Gasteiger partial charge in [0.2, 0.25) is 0 Å². The third-order valence-electron chi connectivity index (χ3n) is 3.26. The van der Waals surface area contributed by atoms with Gasteiger partial charge in [0.1, 0.15) is 5.15 Å². The topological polar surface area (TPSA) is 85.1 Å². The van der Waals surface area contributed by atoms with Gasteiger partial charge in [-0.25, -0.2) is 4.98 Å². The molecule has 1 aromatic heterocycles. The fourth-order valence-electron chi connectivity index (χ4n) is 2.12. The summed E-state index contributed by atoms with van der Waals surface area (Å²) in [6.45, 7) is 0. The number of nitro groups is 1. The van der Waals surface area contributed by atoms with Gasteiger partial charge in [-0.05, 0) is 24.3 Å². The van der Waals surface area contributed by atoms with Crippen LogP contribution in [0.1, 0.15) is 10.4 Å². The molecule has 0 saturated carbocycles. The number of nitro benzene ring substituents is 1. The highest BCUT2D eigenvalue weighted by molar-refractivity contribution is 6.33. The Morgan fingerprint density at radius 1 is 1.13 bits per heavy atom. The molecular formula is C16H10ClN3O3. The number of para-hydroxylation sites is 1. The molecule has 1 N–H and O–H groups in total. The molecule has 0 radical (unpaired) electrons. The smallest absolute Gasteiger partial charge is 0.269 e. The van der Waals surface area contributed by atoms with Crippen LogP contribution >= 0.6 is 11.6 Å². The lowest BCUT2D eigenvalue weighted by atomic mass is 10.1. The Morgan fingerprint density at radius 2 is 1.83 bits per heavy atom. The fraction of sp³-hybridized carbons (Fsp3) is 0. The number of hydrogen-bond donors (Lipinski definition) is 1. The summed E-state index contributed by atoms with van der Waals surface area (Å²) in [6, 6.07) is 14.5. The molecule has 0 aliphatic carbocycles. The van der Waals surface area contributed by atoms with Crippen LogP contribution in [-0.4, -0.2) is 15.8 Å². The van der Waals surface area contributed by atoms with Gasteiger partial charge in [0, 0.05) is 23.2 Å². The number of carbonyl (C=O) groups is 1. The number of non-ortho nitro benzene ring substituents is 1. The molecule has 3 aromatic rings. The second-order valence-corrected chi connectivity index (χ2v) is 5.14. The van der Waals surface area contributed by atoms with E-state index >= 15 is 0 Å². The van der Waals surface area contributed by atoms with Crippen LogP contribution in [0.3, 0.4) is 0 Å². The van der Waals surface area contributed by atoms with Crippen LogP contribution in [0.5, 0.6) is 0 Å². The summed E-state index contributed by atoms with van der Waals surface area (Å²) < 4.78 is 0. The van der Waals surface area contributed by atoms with Crippen LogP contribution in [0.15, 0.2) is 54.6 Å². The van der Waals surface area contributed by atoms with Gasteiger partial charge in [-0.1, -0.05) is 29.8 Å². The standard InChI is InChI=1S/C16H10ClN3O3/c17-15-13(9-10-3-1-2-4-14(10)19-15)16(21)18-11-5-7-12(8-6-11)20(22)23/h1-9H,(H,18,21). The van der Waals surface area contributed by atoms with Gasteiger partial charge in [0.15, 0.2) is 0 Å². The molecule has 0 spiro atoms. The third-order valence-corrected chi connectivity index (χ3v) is 3.55. The summed E-state index contributed by atoms with van der Waals surface area (Å²) >= 11 is 6.07. The van der Waals surface area contributed by atoms with Crippen molar-refractivity contribution in [3.8, 4) is 0 Å². The maximum atomic E-state index is 12.3. The van der Waals surface area contributed by atoms with Crippen molar-refractivity contribution >= 4 is 39.8 Å². The van der Waals surface area contributed by atoms with Crippen molar-refractivity contribution in [2.75, 3.05) is 5.32 Å². The summed E-state index contributed by atoms with van der Waals surface area (Å²) in [5.41, 5.74) is 1.33. The summed E-state index contributed by atoms with van der Waals surface area (Å²) in [4.78, 5) is 26.6. The average Bonchev–Trinajstić information content (AvgIpc) is 2.54. The summed E-state index contributed by atoms with van der Waals surface area (Å²) in [5, 5.41) is 14.2. The molecule has 7 heteroatoms. The number of hydrogen-bond acceptors (Lipinski definition) is 4. The highest BCUT2D eigenvalue weighted by Gasteiger charge is 2.14. The molecule has 0 aliphatic heterocycles. The van der Waals surface area contributed by atoms with Gasteiger partial charge in [-0.15, -0.1) is 0 Å². The number of nitrogens with zero attached hydrogens (tertiary/aromatic N) is 2. The van der Waals surface area contributed by atoms with Gasteiger partial charge in [0.25, 0.3) is 11.6 Å². The lowest BCUT2D eigenvalue weighted by Crippen LogP contribution is -2.13. The van der Waals surface area contributed by atoms with Crippen LogP contribution < -0.4 is 5.32 Å². The Hall–Kier alpha value is -2.99. The number of rotatable bonds is 3. The minimum Gasteiger partial charge on any atom is -0.322 e. The first-order valence-corrected chi connectivity index (χ1v) is 7.03. The zero-order valence-electron chi connectivity index (χ0n) is 11.7. The maximum absolute atomic E-state index is 12.3. The predicted molar refractivity (Wildman–Crippen MR) is 87.8 cm³/mol. The molecular weight excluding hydrogens is 318 g/mol.